The molecule has 0 bridgehead atoms. The van der Waals surface area contributed by atoms with Gasteiger partial charge in [-0.15, -0.1) is 0 Å². The Kier molecular flexibility index (Phi) is 5.52. The van der Waals surface area contributed by atoms with Crippen molar-refractivity contribution in [1.29, 1.82) is 0 Å². The predicted molar refractivity (Wildman–Crippen MR) is 123 cm³/mol. The van der Waals surface area contributed by atoms with E-state index in [0.29, 0.717) is 29.9 Å². The highest BCUT2D eigenvalue weighted by Gasteiger charge is 2.35. The molecule has 3 N–H and O–H groups in total. The first-order valence-corrected chi connectivity index (χ1v) is 12.5. The molecule has 0 amide bonds. The molecule has 0 radical (unpaired) electrons. The van der Waals surface area contributed by atoms with Gasteiger partial charge in [0.15, 0.2) is 0 Å². The van der Waals surface area contributed by atoms with Crippen LogP contribution in [0.5, 0.6) is 0 Å². The third kappa shape index (κ3) is 4.23. The van der Waals surface area contributed by atoms with Crippen LogP contribution in [0.1, 0.15) is 31.0 Å². The lowest BCUT2D eigenvalue weighted by Gasteiger charge is -2.30. The molecule has 0 atom stereocenters. The standard InChI is InChI=1S/C22H23F3N6O2S/c23-22(24,25)7-12-34(32,33)30-9-5-14(6-10-30)21-29-18(19-20(26)27-8-11-31(19)21)17-13-15-3-1-2-4-16(15)28-17/h1-4,8,11,13-14,28H,5-7,9-10,12H2,(H2,26,27). The molecule has 1 aliphatic rings. The third-order valence-corrected chi connectivity index (χ3v) is 8.12. The van der Waals surface area contributed by atoms with Gasteiger partial charge in [-0.25, -0.2) is 22.7 Å². The summed E-state index contributed by atoms with van der Waals surface area (Å²) < 4.78 is 65.3. The summed E-state index contributed by atoms with van der Waals surface area (Å²) in [4.78, 5) is 12.5. The van der Waals surface area contributed by atoms with Crippen LogP contribution in [0.3, 0.4) is 0 Å². The molecule has 5 rings (SSSR count). The smallest absolute Gasteiger partial charge is 0.382 e. The molecule has 1 saturated heterocycles. The number of nitrogens with zero attached hydrogens (tertiary/aromatic N) is 4. The second kappa shape index (κ2) is 8.27. The van der Waals surface area contributed by atoms with Crippen molar-refractivity contribution in [1.82, 2.24) is 23.7 Å². The van der Waals surface area contributed by atoms with E-state index in [-0.39, 0.29) is 19.0 Å². The largest absolute Gasteiger partial charge is 0.390 e. The second-order valence-electron chi connectivity index (χ2n) is 8.47. The fraction of sp³-hybridized carbons (Fsp3) is 0.364. The van der Waals surface area contributed by atoms with Crippen LogP contribution in [0, 0.1) is 0 Å². The normalized spacial score (nSPS) is 16.6. The van der Waals surface area contributed by atoms with Gasteiger partial charge in [0.1, 0.15) is 22.9 Å². The Bertz CT molecular complexity index is 1420. The van der Waals surface area contributed by atoms with Crippen molar-refractivity contribution in [2.45, 2.75) is 31.4 Å². The molecule has 4 aromatic rings. The second-order valence-corrected chi connectivity index (χ2v) is 10.6. The summed E-state index contributed by atoms with van der Waals surface area (Å²) in [7, 11) is -3.97. The Balaban J connectivity index is 1.44. The molecule has 0 aliphatic carbocycles. The molecule has 3 aromatic heterocycles. The van der Waals surface area contributed by atoms with Gasteiger partial charge < -0.3 is 10.7 Å². The van der Waals surface area contributed by atoms with E-state index in [0.717, 1.165) is 26.7 Å². The quantitative estimate of drug-likeness (QED) is 0.439. The molecule has 1 fully saturated rings. The van der Waals surface area contributed by atoms with Crippen LogP contribution >= 0.6 is 0 Å². The van der Waals surface area contributed by atoms with Crippen LogP contribution < -0.4 is 5.73 Å². The van der Waals surface area contributed by atoms with Gasteiger partial charge in [0.05, 0.1) is 17.9 Å². The van der Waals surface area contributed by atoms with Crippen molar-refractivity contribution in [2.24, 2.45) is 0 Å². The lowest BCUT2D eigenvalue weighted by molar-refractivity contribution is -0.130. The van der Waals surface area contributed by atoms with Gasteiger partial charge in [-0.3, -0.25) is 4.40 Å². The summed E-state index contributed by atoms with van der Waals surface area (Å²) in [5.74, 6) is 0.0360. The van der Waals surface area contributed by atoms with Gasteiger partial charge in [-0.1, -0.05) is 18.2 Å². The van der Waals surface area contributed by atoms with E-state index in [1.54, 1.807) is 12.4 Å². The summed E-state index contributed by atoms with van der Waals surface area (Å²) in [6.07, 6.45) is -1.61. The molecule has 34 heavy (non-hydrogen) atoms. The van der Waals surface area contributed by atoms with Crippen molar-refractivity contribution < 1.29 is 21.6 Å². The topological polar surface area (TPSA) is 109 Å². The lowest BCUT2D eigenvalue weighted by atomic mass is 9.97. The molecule has 12 heteroatoms. The number of nitrogens with one attached hydrogen (secondary N) is 1. The summed E-state index contributed by atoms with van der Waals surface area (Å²) in [5, 5.41) is 1.03. The van der Waals surface area contributed by atoms with Crippen LogP contribution in [0.4, 0.5) is 19.0 Å². The number of piperidine rings is 1. The Morgan fingerprint density at radius 2 is 1.91 bits per heavy atom. The first-order valence-electron chi connectivity index (χ1n) is 10.9. The number of H-pyrrole nitrogens is 1. The summed E-state index contributed by atoms with van der Waals surface area (Å²) in [6.45, 7) is 0.282. The maximum atomic E-state index is 12.5. The minimum Gasteiger partial charge on any atom is -0.382 e. The van der Waals surface area contributed by atoms with Gasteiger partial charge in [0.25, 0.3) is 0 Å². The summed E-state index contributed by atoms with van der Waals surface area (Å²) in [5.41, 5.74) is 9.27. The average Bonchev–Trinajstić information content (AvgIpc) is 3.40. The highest BCUT2D eigenvalue weighted by atomic mass is 32.2. The predicted octanol–water partition coefficient (Wildman–Crippen LogP) is 3.92. The number of aromatic amines is 1. The molecule has 0 unspecified atom stereocenters. The number of alkyl halides is 3. The SMILES string of the molecule is Nc1nccn2c(C3CCN(S(=O)(=O)CCC(F)(F)F)CC3)nc(-c3cc4ccccc4[nH]3)c12. The number of sulfonamides is 1. The molecule has 1 aliphatic heterocycles. The minimum absolute atomic E-state index is 0.0819. The molecular weight excluding hydrogens is 469 g/mol. The van der Waals surface area contributed by atoms with Crippen LogP contribution in [-0.2, 0) is 10.0 Å². The molecule has 180 valence electrons. The van der Waals surface area contributed by atoms with Crippen molar-refractivity contribution in [3.05, 3.63) is 48.5 Å². The maximum Gasteiger partial charge on any atom is 0.390 e. The fourth-order valence-electron chi connectivity index (χ4n) is 4.53. The van der Waals surface area contributed by atoms with Crippen molar-refractivity contribution in [3.8, 4) is 11.4 Å². The highest BCUT2D eigenvalue weighted by Crippen LogP contribution is 2.35. The number of benzene rings is 1. The Morgan fingerprint density at radius 3 is 2.62 bits per heavy atom. The van der Waals surface area contributed by atoms with E-state index in [1.165, 1.54) is 0 Å². The van der Waals surface area contributed by atoms with E-state index in [2.05, 4.69) is 9.97 Å². The zero-order valence-corrected chi connectivity index (χ0v) is 18.9. The lowest BCUT2D eigenvalue weighted by Crippen LogP contribution is -2.40. The number of imidazole rings is 1. The van der Waals surface area contributed by atoms with Gasteiger partial charge in [-0.2, -0.15) is 13.2 Å². The number of para-hydroxylation sites is 1. The number of fused-ring (bicyclic) bond motifs is 2. The number of nitrogen functional groups attached to an aromatic ring is 1. The van der Waals surface area contributed by atoms with Crippen molar-refractivity contribution in [2.75, 3.05) is 24.6 Å². The molecular formula is C22H23F3N6O2S. The van der Waals surface area contributed by atoms with E-state index in [9.17, 15) is 21.6 Å². The Hall–Kier alpha value is -3.12. The van der Waals surface area contributed by atoms with Gasteiger partial charge in [0.2, 0.25) is 10.0 Å². The van der Waals surface area contributed by atoms with Crippen molar-refractivity contribution in [3.63, 3.8) is 0 Å². The minimum atomic E-state index is -4.51. The maximum absolute atomic E-state index is 12.5. The number of nitrogens with two attached hydrogens (primary N) is 1. The fourth-order valence-corrected chi connectivity index (χ4v) is 6.04. The molecule has 4 heterocycles. The van der Waals surface area contributed by atoms with E-state index >= 15 is 0 Å². The van der Waals surface area contributed by atoms with E-state index in [1.807, 2.05) is 34.7 Å². The Morgan fingerprint density at radius 1 is 1.18 bits per heavy atom. The van der Waals surface area contributed by atoms with Gasteiger partial charge in [0, 0.05) is 42.3 Å². The van der Waals surface area contributed by atoms with Crippen LogP contribution in [0.15, 0.2) is 42.7 Å². The summed E-state index contributed by atoms with van der Waals surface area (Å²) >= 11 is 0. The number of halogens is 3. The number of rotatable bonds is 5. The van der Waals surface area contributed by atoms with Gasteiger partial charge in [-0.05, 0) is 25.0 Å². The summed E-state index contributed by atoms with van der Waals surface area (Å²) in [6, 6.07) is 9.83. The molecule has 0 saturated carbocycles. The first-order chi connectivity index (χ1) is 16.1. The Labute approximate surface area is 193 Å². The number of aromatic nitrogens is 4. The van der Waals surface area contributed by atoms with E-state index in [4.69, 9.17) is 10.7 Å². The third-order valence-electron chi connectivity index (χ3n) is 6.25. The van der Waals surface area contributed by atoms with Crippen LogP contribution in [0.25, 0.3) is 27.8 Å². The number of anilines is 1. The number of hydrogen-bond donors (Lipinski definition) is 2. The van der Waals surface area contributed by atoms with Crippen LogP contribution in [0.2, 0.25) is 0 Å². The number of hydrogen-bond acceptors (Lipinski definition) is 5. The zero-order chi connectivity index (χ0) is 24.1. The molecule has 0 spiro atoms. The first kappa shape index (κ1) is 22.7. The highest BCUT2D eigenvalue weighted by molar-refractivity contribution is 7.89. The van der Waals surface area contributed by atoms with Gasteiger partial charge >= 0.3 is 6.18 Å². The monoisotopic (exact) mass is 492 g/mol. The van der Waals surface area contributed by atoms with Crippen LogP contribution in [-0.4, -0.2) is 57.1 Å². The average molecular weight is 493 g/mol. The van der Waals surface area contributed by atoms with Crippen molar-refractivity contribution >= 4 is 32.3 Å². The zero-order valence-electron chi connectivity index (χ0n) is 18.1. The molecule has 8 nitrogen and oxygen atoms in total. The van der Waals surface area contributed by atoms with E-state index < -0.39 is 28.4 Å². The molecule has 1 aromatic carbocycles.